The van der Waals surface area contributed by atoms with Gasteiger partial charge in [-0.05, 0) is 25.3 Å². The molecule has 0 radical (unpaired) electrons. The minimum absolute atomic E-state index is 0.311. The van der Waals surface area contributed by atoms with Gasteiger partial charge in [-0.2, -0.15) is 5.26 Å². The fourth-order valence-electron chi connectivity index (χ4n) is 1.92. The predicted molar refractivity (Wildman–Crippen MR) is 62.7 cm³/mol. The average molecular weight is 232 g/mol. The molecule has 1 atom stereocenters. The third-order valence-electron chi connectivity index (χ3n) is 2.88. The molecule has 1 saturated heterocycles. The third-order valence-corrected chi connectivity index (χ3v) is 2.88. The second-order valence-corrected chi connectivity index (χ2v) is 4.11. The summed E-state index contributed by atoms with van der Waals surface area (Å²) in [6.07, 6.45) is 7.88. The second-order valence-electron chi connectivity index (χ2n) is 4.11. The van der Waals surface area contributed by atoms with Gasteiger partial charge >= 0.3 is 0 Å². The highest BCUT2D eigenvalue weighted by atomic mass is 16.5. The summed E-state index contributed by atoms with van der Waals surface area (Å²) in [6.45, 7) is 1.44. The molecule has 0 saturated carbocycles. The molecule has 0 spiro atoms. The maximum Gasteiger partial charge on any atom is 0.155 e. The SMILES string of the molecule is N#Cc1ccncc1OCCC1CCCCO1. The van der Waals surface area contributed by atoms with E-state index in [-0.39, 0.29) is 0 Å². The first-order valence-electron chi connectivity index (χ1n) is 5.98. The van der Waals surface area contributed by atoms with Gasteiger partial charge in [-0.15, -0.1) is 0 Å². The Balaban J connectivity index is 1.79. The molecule has 1 aromatic heterocycles. The van der Waals surface area contributed by atoms with Gasteiger partial charge in [0.15, 0.2) is 5.75 Å². The molecular weight excluding hydrogens is 216 g/mol. The Hall–Kier alpha value is -1.60. The lowest BCUT2D eigenvalue weighted by atomic mass is 10.1. The van der Waals surface area contributed by atoms with Crippen molar-refractivity contribution in [3.8, 4) is 11.8 Å². The smallest absolute Gasteiger partial charge is 0.155 e. The monoisotopic (exact) mass is 232 g/mol. The number of hydrogen-bond acceptors (Lipinski definition) is 4. The van der Waals surface area contributed by atoms with E-state index in [1.807, 2.05) is 0 Å². The third kappa shape index (κ3) is 3.43. The van der Waals surface area contributed by atoms with Crippen LogP contribution in [0.25, 0.3) is 0 Å². The van der Waals surface area contributed by atoms with Gasteiger partial charge in [0.1, 0.15) is 6.07 Å². The van der Waals surface area contributed by atoms with Crippen molar-refractivity contribution < 1.29 is 9.47 Å². The van der Waals surface area contributed by atoms with Crippen molar-refractivity contribution in [1.29, 1.82) is 5.26 Å². The van der Waals surface area contributed by atoms with Crippen LogP contribution in [-0.4, -0.2) is 24.3 Å². The summed E-state index contributed by atoms with van der Waals surface area (Å²) in [6, 6.07) is 3.75. The first-order valence-corrected chi connectivity index (χ1v) is 5.98. The van der Waals surface area contributed by atoms with Crippen molar-refractivity contribution in [2.24, 2.45) is 0 Å². The zero-order valence-corrected chi connectivity index (χ0v) is 9.76. The van der Waals surface area contributed by atoms with Gasteiger partial charge in [0.2, 0.25) is 0 Å². The van der Waals surface area contributed by atoms with E-state index in [4.69, 9.17) is 14.7 Å². The summed E-state index contributed by atoms with van der Waals surface area (Å²) in [5.74, 6) is 0.561. The molecular formula is C13H16N2O2. The molecule has 90 valence electrons. The fourth-order valence-corrected chi connectivity index (χ4v) is 1.92. The highest BCUT2D eigenvalue weighted by Gasteiger charge is 2.13. The van der Waals surface area contributed by atoms with E-state index in [2.05, 4.69) is 11.1 Å². The number of nitrogens with zero attached hydrogens (tertiary/aromatic N) is 2. The van der Waals surface area contributed by atoms with Crippen molar-refractivity contribution in [2.45, 2.75) is 31.8 Å². The molecule has 1 unspecified atom stereocenters. The van der Waals surface area contributed by atoms with Crippen molar-refractivity contribution in [1.82, 2.24) is 4.98 Å². The average Bonchev–Trinajstić information content (AvgIpc) is 2.40. The Morgan fingerprint density at radius 1 is 1.53 bits per heavy atom. The minimum atomic E-state index is 0.311. The van der Waals surface area contributed by atoms with Gasteiger partial charge in [0.25, 0.3) is 0 Å². The van der Waals surface area contributed by atoms with E-state index >= 15 is 0 Å². The summed E-state index contributed by atoms with van der Waals surface area (Å²) < 4.78 is 11.2. The zero-order chi connectivity index (χ0) is 11.9. The lowest BCUT2D eigenvalue weighted by Gasteiger charge is -2.22. The number of aromatic nitrogens is 1. The van der Waals surface area contributed by atoms with Crippen LogP contribution in [0.3, 0.4) is 0 Å². The molecule has 1 aromatic rings. The Morgan fingerprint density at radius 2 is 2.47 bits per heavy atom. The van der Waals surface area contributed by atoms with E-state index in [9.17, 15) is 0 Å². The van der Waals surface area contributed by atoms with Crippen molar-refractivity contribution >= 4 is 0 Å². The van der Waals surface area contributed by atoms with Crippen LogP contribution in [0.1, 0.15) is 31.2 Å². The molecule has 4 heteroatoms. The zero-order valence-electron chi connectivity index (χ0n) is 9.76. The lowest BCUT2D eigenvalue weighted by Crippen LogP contribution is -2.21. The van der Waals surface area contributed by atoms with Gasteiger partial charge in [-0.3, -0.25) is 4.98 Å². The van der Waals surface area contributed by atoms with Crippen LogP contribution in [0.4, 0.5) is 0 Å². The van der Waals surface area contributed by atoms with Crippen LogP contribution in [0.5, 0.6) is 5.75 Å². The number of rotatable bonds is 4. The molecule has 2 heterocycles. The van der Waals surface area contributed by atoms with E-state index in [0.717, 1.165) is 19.4 Å². The molecule has 17 heavy (non-hydrogen) atoms. The molecule has 0 amide bonds. The van der Waals surface area contributed by atoms with E-state index in [1.165, 1.54) is 12.8 Å². The Kier molecular flexibility index (Phi) is 4.34. The maximum absolute atomic E-state index is 8.88. The lowest BCUT2D eigenvalue weighted by molar-refractivity contribution is 0.00401. The summed E-state index contributed by atoms with van der Waals surface area (Å²) in [5, 5.41) is 8.88. The van der Waals surface area contributed by atoms with Crippen LogP contribution < -0.4 is 4.74 Å². The Labute approximate surface area is 101 Å². The van der Waals surface area contributed by atoms with Crippen LogP contribution in [0.15, 0.2) is 18.5 Å². The van der Waals surface area contributed by atoms with Crippen LogP contribution in [-0.2, 0) is 4.74 Å². The fraction of sp³-hybridized carbons (Fsp3) is 0.538. The highest BCUT2D eigenvalue weighted by Crippen LogP contribution is 2.18. The molecule has 0 aromatic carbocycles. The van der Waals surface area contributed by atoms with Crippen molar-refractivity contribution in [3.05, 3.63) is 24.0 Å². The van der Waals surface area contributed by atoms with Gasteiger partial charge in [0, 0.05) is 19.2 Å². The number of nitriles is 1. The first-order chi connectivity index (χ1) is 8.40. The van der Waals surface area contributed by atoms with Gasteiger partial charge in [-0.25, -0.2) is 0 Å². The van der Waals surface area contributed by atoms with E-state index < -0.39 is 0 Å². The number of hydrogen-bond donors (Lipinski definition) is 0. The summed E-state index contributed by atoms with van der Waals surface area (Å²) in [7, 11) is 0. The summed E-state index contributed by atoms with van der Waals surface area (Å²) in [4.78, 5) is 3.95. The largest absolute Gasteiger partial charge is 0.490 e. The van der Waals surface area contributed by atoms with E-state index in [0.29, 0.717) is 24.0 Å². The van der Waals surface area contributed by atoms with Crippen LogP contribution in [0.2, 0.25) is 0 Å². The summed E-state index contributed by atoms with van der Waals surface area (Å²) in [5.41, 5.74) is 0.532. The molecule has 1 aliphatic rings. The molecule has 4 nitrogen and oxygen atoms in total. The Bertz CT molecular complexity index is 395. The quantitative estimate of drug-likeness (QED) is 0.799. The number of ether oxygens (including phenoxy) is 2. The maximum atomic E-state index is 8.88. The molecule has 1 fully saturated rings. The van der Waals surface area contributed by atoms with Gasteiger partial charge in [-0.1, -0.05) is 0 Å². The van der Waals surface area contributed by atoms with Crippen molar-refractivity contribution in [2.75, 3.05) is 13.2 Å². The predicted octanol–water partition coefficient (Wildman–Crippen LogP) is 2.29. The molecule has 0 N–H and O–H groups in total. The topological polar surface area (TPSA) is 55.1 Å². The summed E-state index contributed by atoms with van der Waals surface area (Å²) >= 11 is 0. The normalized spacial score (nSPS) is 19.6. The molecule has 2 rings (SSSR count). The highest BCUT2D eigenvalue weighted by molar-refractivity contribution is 5.40. The minimum Gasteiger partial charge on any atom is -0.490 e. The van der Waals surface area contributed by atoms with E-state index in [1.54, 1.807) is 18.5 Å². The standard InChI is InChI=1S/C13H16N2O2/c14-9-11-4-6-15-10-13(11)17-8-5-12-3-1-2-7-16-12/h4,6,10,12H,1-3,5,7-8H2. The van der Waals surface area contributed by atoms with Crippen molar-refractivity contribution in [3.63, 3.8) is 0 Å². The van der Waals surface area contributed by atoms with Gasteiger partial charge in [0.05, 0.1) is 24.5 Å². The van der Waals surface area contributed by atoms with Gasteiger partial charge < -0.3 is 9.47 Å². The Morgan fingerprint density at radius 3 is 3.24 bits per heavy atom. The number of pyridine rings is 1. The molecule has 0 bridgehead atoms. The van der Waals surface area contributed by atoms with Crippen LogP contribution >= 0.6 is 0 Å². The molecule has 1 aliphatic heterocycles. The van der Waals surface area contributed by atoms with Crippen LogP contribution in [0, 0.1) is 11.3 Å². The molecule has 0 aliphatic carbocycles. The first kappa shape index (κ1) is 11.9. The second kappa shape index (κ2) is 6.21.